The summed E-state index contributed by atoms with van der Waals surface area (Å²) < 4.78 is 19.5. The van der Waals surface area contributed by atoms with Crippen molar-refractivity contribution in [3.05, 3.63) is 58.0 Å². The van der Waals surface area contributed by atoms with E-state index >= 15 is 0 Å². The molecule has 1 fully saturated rings. The van der Waals surface area contributed by atoms with Crippen LogP contribution in [-0.2, 0) is 20.9 Å². The number of amides is 1. The fourth-order valence-corrected chi connectivity index (χ4v) is 4.53. The summed E-state index contributed by atoms with van der Waals surface area (Å²) in [4.78, 5) is 19.8. The van der Waals surface area contributed by atoms with Crippen molar-refractivity contribution in [3.8, 4) is 0 Å². The van der Waals surface area contributed by atoms with E-state index in [0.717, 1.165) is 4.88 Å². The van der Waals surface area contributed by atoms with Gasteiger partial charge in [0.25, 0.3) is 0 Å². The topological polar surface area (TPSA) is 59.9 Å². The maximum absolute atomic E-state index is 14.0. The third kappa shape index (κ3) is 4.10. The molecular weight excluding hydrogens is 379 g/mol. The number of rotatable bonds is 6. The lowest BCUT2D eigenvalue weighted by atomic mass is 9.74. The second-order valence-corrected chi connectivity index (χ2v) is 8.34. The number of nitrogens with zero attached hydrogens (tertiary/aromatic N) is 1. The first-order valence-electron chi connectivity index (χ1n) is 9.52. The van der Waals surface area contributed by atoms with Crippen molar-refractivity contribution in [2.75, 3.05) is 13.2 Å². The number of hydrogen-bond donors (Lipinski definition) is 1. The van der Waals surface area contributed by atoms with Crippen LogP contribution in [0, 0.1) is 11.2 Å². The Hall–Kier alpha value is -2.25. The number of nitrogens with one attached hydrogen (secondary N) is 1. The summed E-state index contributed by atoms with van der Waals surface area (Å²) in [5, 5.41) is 9.19. The van der Waals surface area contributed by atoms with Crippen molar-refractivity contribution >= 4 is 23.0 Å². The minimum atomic E-state index is -0.541. The third-order valence-electron chi connectivity index (χ3n) is 5.47. The molecule has 0 spiro atoms. The lowest BCUT2D eigenvalue weighted by Gasteiger charge is -2.36. The van der Waals surface area contributed by atoms with Gasteiger partial charge in [-0.3, -0.25) is 4.79 Å². The van der Waals surface area contributed by atoms with Gasteiger partial charge >= 0.3 is 0 Å². The summed E-state index contributed by atoms with van der Waals surface area (Å²) in [5.74, 6) is -0.271. The SMILES string of the molecule is O=C(NCc1cccs1)C1(C[C@H]2CC(c3ccccc3F)=NO2)CCOCC1. The summed E-state index contributed by atoms with van der Waals surface area (Å²) in [6, 6.07) is 10.6. The second kappa shape index (κ2) is 8.41. The normalized spacial score (nSPS) is 21.0. The number of carbonyl (C=O) groups is 1. The van der Waals surface area contributed by atoms with Crippen LogP contribution in [0.4, 0.5) is 4.39 Å². The number of thiophene rings is 1. The number of hydrogen-bond acceptors (Lipinski definition) is 5. The zero-order chi connectivity index (χ0) is 19.4. The third-order valence-corrected chi connectivity index (χ3v) is 6.35. The van der Waals surface area contributed by atoms with E-state index in [4.69, 9.17) is 9.57 Å². The number of halogens is 1. The molecule has 148 valence electrons. The average Bonchev–Trinajstić information content (AvgIpc) is 3.39. The van der Waals surface area contributed by atoms with Crippen LogP contribution in [0.5, 0.6) is 0 Å². The summed E-state index contributed by atoms with van der Waals surface area (Å²) in [5.41, 5.74) is 0.526. The van der Waals surface area contributed by atoms with E-state index < -0.39 is 5.41 Å². The Bertz CT molecular complexity index is 847. The van der Waals surface area contributed by atoms with Crippen molar-refractivity contribution in [3.63, 3.8) is 0 Å². The highest BCUT2D eigenvalue weighted by Gasteiger charge is 2.43. The first kappa shape index (κ1) is 19.1. The molecule has 1 saturated heterocycles. The number of carbonyl (C=O) groups excluding carboxylic acids is 1. The number of ether oxygens (including phenoxy) is 1. The molecule has 28 heavy (non-hydrogen) atoms. The van der Waals surface area contributed by atoms with Gasteiger partial charge in [-0.2, -0.15) is 0 Å². The maximum atomic E-state index is 14.0. The van der Waals surface area contributed by atoms with Crippen molar-refractivity contribution < 1.29 is 18.8 Å². The van der Waals surface area contributed by atoms with E-state index in [1.165, 1.54) is 6.07 Å². The second-order valence-electron chi connectivity index (χ2n) is 7.31. The Kier molecular flexibility index (Phi) is 5.73. The molecule has 5 nitrogen and oxygen atoms in total. The van der Waals surface area contributed by atoms with Gasteiger partial charge in [-0.1, -0.05) is 29.4 Å². The molecule has 1 aromatic carbocycles. The average molecular weight is 402 g/mol. The minimum absolute atomic E-state index is 0.0344. The molecule has 2 aliphatic rings. The lowest BCUT2D eigenvalue weighted by Crippen LogP contribution is -2.46. The maximum Gasteiger partial charge on any atom is 0.226 e. The molecule has 1 atom stereocenters. The molecule has 1 N–H and O–H groups in total. The lowest BCUT2D eigenvalue weighted by molar-refractivity contribution is -0.140. The van der Waals surface area contributed by atoms with Gasteiger partial charge in [-0.15, -0.1) is 11.3 Å². The highest BCUT2D eigenvalue weighted by molar-refractivity contribution is 7.09. The Labute approximate surface area is 167 Å². The summed E-state index contributed by atoms with van der Waals surface area (Å²) in [6.07, 6.45) is 2.12. The van der Waals surface area contributed by atoms with Crippen LogP contribution in [0.25, 0.3) is 0 Å². The van der Waals surface area contributed by atoms with Crippen molar-refractivity contribution in [2.24, 2.45) is 10.6 Å². The molecule has 0 radical (unpaired) electrons. The van der Waals surface area contributed by atoms with Crippen molar-refractivity contribution in [2.45, 2.75) is 38.3 Å². The smallest absolute Gasteiger partial charge is 0.226 e. The summed E-state index contributed by atoms with van der Waals surface area (Å²) in [6.45, 7) is 1.64. The summed E-state index contributed by atoms with van der Waals surface area (Å²) >= 11 is 1.62. The van der Waals surface area contributed by atoms with Gasteiger partial charge in [0.05, 0.1) is 17.7 Å². The van der Waals surface area contributed by atoms with Gasteiger partial charge in [0.2, 0.25) is 5.91 Å². The first-order valence-corrected chi connectivity index (χ1v) is 10.4. The van der Waals surface area contributed by atoms with E-state index in [0.29, 0.717) is 56.7 Å². The molecule has 4 rings (SSSR count). The standard InChI is InChI=1S/C21H23FN2O3S/c22-18-6-2-1-5-17(18)19-12-15(27-24-19)13-21(7-9-26-10-8-21)20(25)23-14-16-4-3-11-28-16/h1-6,11,15H,7-10,12-14H2,(H,23,25)/t15-/m1/s1. The molecule has 0 aliphatic carbocycles. The van der Waals surface area contributed by atoms with E-state index in [9.17, 15) is 9.18 Å². The molecular formula is C21H23FN2O3S. The van der Waals surface area contributed by atoms with Gasteiger partial charge in [-0.05, 0) is 30.4 Å². The zero-order valence-corrected chi connectivity index (χ0v) is 16.3. The summed E-state index contributed by atoms with van der Waals surface area (Å²) in [7, 11) is 0. The van der Waals surface area contributed by atoms with E-state index in [-0.39, 0.29) is 17.8 Å². The van der Waals surface area contributed by atoms with Crippen LogP contribution in [0.1, 0.15) is 36.1 Å². The zero-order valence-electron chi connectivity index (χ0n) is 15.5. The monoisotopic (exact) mass is 402 g/mol. The fourth-order valence-electron chi connectivity index (χ4n) is 3.88. The molecule has 2 aliphatic heterocycles. The van der Waals surface area contributed by atoms with Crippen LogP contribution in [0.2, 0.25) is 0 Å². The fraction of sp³-hybridized carbons (Fsp3) is 0.429. The van der Waals surface area contributed by atoms with Gasteiger partial charge in [0.1, 0.15) is 11.9 Å². The minimum Gasteiger partial charge on any atom is -0.392 e. The van der Waals surface area contributed by atoms with E-state index in [2.05, 4.69) is 10.5 Å². The van der Waals surface area contributed by atoms with Crippen molar-refractivity contribution in [1.29, 1.82) is 0 Å². The Morgan fingerprint density at radius 2 is 2.07 bits per heavy atom. The molecule has 0 saturated carbocycles. The highest BCUT2D eigenvalue weighted by atomic mass is 32.1. The van der Waals surface area contributed by atoms with Gasteiger partial charge < -0.3 is 14.9 Å². The van der Waals surface area contributed by atoms with E-state index in [1.54, 1.807) is 29.5 Å². The molecule has 0 unspecified atom stereocenters. The van der Waals surface area contributed by atoms with Crippen molar-refractivity contribution in [1.82, 2.24) is 5.32 Å². The molecule has 7 heteroatoms. The predicted octanol–water partition coefficient (Wildman–Crippen LogP) is 3.88. The molecule has 3 heterocycles. The quantitative estimate of drug-likeness (QED) is 0.798. The Morgan fingerprint density at radius 3 is 2.82 bits per heavy atom. The number of oxime groups is 1. The van der Waals surface area contributed by atoms with Crippen LogP contribution < -0.4 is 5.32 Å². The van der Waals surface area contributed by atoms with E-state index in [1.807, 2.05) is 17.5 Å². The number of benzene rings is 1. The molecule has 0 bridgehead atoms. The van der Waals surface area contributed by atoms with Gasteiger partial charge in [-0.25, -0.2) is 4.39 Å². The molecule has 2 aromatic rings. The molecule has 1 amide bonds. The predicted molar refractivity (Wildman–Crippen MR) is 106 cm³/mol. The Morgan fingerprint density at radius 1 is 1.25 bits per heavy atom. The van der Waals surface area contributed by atoms with Crippen LogP contribution >= 0.6 is 11.3 Å². The molecule has 1 aromatic heterocycles. The Balaban J connectivity index is 1.42. The highest BCUT2D eigenvalue weighted by Crippen LogP contribution is 2.39. The largest absolute Gasteiger partial charge is 0.392 e. The van der Waals surface area contributed by atoms with Crippen LogP contribution in [-0.4, -0.2) is 30.9 Å². The first-order chi connectivity index (χ1) is 13.7. The van der Waals surface area contributed by atoms with Gasteiger partial charge in [0.15, 0.2) is 0 Å². The van der Waals surface area contributed by atoms with Gasteiger partial charge in [0, 0.05) is 36.5 Å². The van der Waals surface area contributed by atoms with Crippen LogP contribution in [0.15, 0.2) is 46.9 Å². The van der Waals surface area contributed by atoms with Crippen LogP contribution in [0.3, 0.4) is 0 Å².